The highest BCUT2D eigenvalue weighted by molar-refractivity contribution is 7.85. The quantitative estimate of drug-likeness (QED) is 0.282. The van der Waals surface area contributed by atoms with Crippen LogP contribution in [0.15, 0.2) is 54.6 Å². The van der Waals surface area contributed by atoms with E-state index in [1.54, 1.807) is 0 Å². The zero-order valence-corrected chi connectivity index (χ0v) is 15.0. The van der Waals surface area contributed by atoms with Crippen LogP contribution in [-0.4, -0.2) is 21.3 Å². The van der Waals surface area contributed by atoms with Crippen molar-refractivity contribution >= 4 is 42.4 Å². The van der Waals surface area contributed by atoms with E-state index in [-0.39, 0.29) is 6.61 Å². The third kappa shape index (κ3) is 3.20. The fourth-order valence-electron chi connectivity index (χ4n) is 3.64. The number of rotatable bonds is 6. The van der Waals surface area contributed by atoms with Gasteiger partial charge in [0.15, 0.2) is 0 Å². The second kappa shape index (κ2) is 6.28. The Bertz CT molecular complexity index is 1130. The lowest BCUT2D eigenvalue weighted by molar-refractivity contribution is 0.312. The van der Waals surface area contributed by atoms with Gasteiger partial charge in [0.05, 0.1) is 12.9 Å². The SMILES string of the molecule is CS(=O)(=O)OCCCCc1ccc2ccc3cccc4ccc1c2c34. The molecule has 0 saturated carbocycles. The van der Waals surface area contributed by atoms with Gasteiger partial charge in [-0.1, -0.05) is 54.6 Å². The van der Waals surface area contributed by atoms with Crippen molar-refractivity contribution < 1.29 is 12.6 Å². The average Bonchev–Trinajstić information content (AvgIpc) is 2.59. The van der Waals surface area contributed by atoms with Gasteiger partial charge < -0.3 is 0 Å². The van der Waals surface area contributed by atoms with Crippen LogP contribution < -0.4 is 0 Å². The lowest BCUT2D eigenvalue weighted by Crippen LogP contribution is -2.04. The van der Waals surface area contributed by atoms with Gasteiger partial charge in [0.25, 0.3) is 10.1 Å². The van der Waals surface area contributed by atoms with E-state index in [1.807, 2.05) is 0 Å². The molecule has 3 nitrogen and oxygen atoms in total. The Morgan fingerprint density at radius 2 is 1.44 bits per heavy atom. The Kier molecular flexibility index (Phi) is 4.10. The molecule has 4 rings (SSSR count). The fraction of sp³-hybridized carbons (Fsp3) is 0.238. The molecule has 0 heterocycles. The topological polar surface area (TPSA) is 43.4 Å². The number of benzene rings is 4. The summed E-state index contributed by atoms with van der Waals surface area (Å²) in [6, 6.07) is 19.6. The number of hydrogen-bond acceptors (Lipinski definition) is 3. The normalized spacial score (nSPS) is 12.5. The molecule has 4 heteroatoms. The van der Waals surface area contributed by atoms with Crippen LogP contribution in [0, 0.1) is 0 Å². The monoisotopic (exact) mass is 352 g/mol. The average molecular weight is 352 g/mol. The molecule has 0 saturated heterocycles. The van der Waals surface area contributed by atoms with E-state index in [0.29, 0.717) is 0 Å². The van der Waals surface area contributed by atoms with Crippen LogP contribution in [0.2, 0.25) is 0 Å². The minimum atomic E-state index is -3.34. The maximum Gasteiger partial charge on any atom is 0.264 e. The van der Waals surface area contributed by atoms with E-state index in [4.69, 9.17) is 4.18 Å². The molecule has 128 valence electrons. The molecule has 0 fully saturated rings. The number of hydrogen-bond donors (Lipinski definition) is 0. The molecule has 4 aromatic rings. The van der Waals surface area contributed by atoms with Gasteiger partial charge in [-0.3, -0.25) is 4.18 Å². The second-order valence-electron chi connectivity index (χ2n) is 6.56. The first-order valence-electron chi connectivity index (χ1n) is 8.53. The van der Waals surface area contributed by atoms with Crippen LogP contribution in [0.3, 0.4) is 0 Å². The fourth-order valence-corrected chi connectivity index (χ4v) is 4.06. The summed E-state index contributed by atoms with van der Waals surface area (Å²) < 4.78 is 26.8. The Labute approximate surface area is 147 Å². The number of aryl methyl sites for hydroxylation is 1. The molecule has 0 N–H and O–H groups in total. The van der Waals surface area contributed by atoms with Gasteiger partial charge in [-0.05, 0) is 57.1 Å². The molecule has 0 spiro atoms. The van der Waals surface area contributed by atoms with E-state index in [1.165, 1.54) is 37.9 Å². The zero-order chi connectivity index (χ0) is 17.4. The van der Waals surface area contributed by atoms with Gasteiger partial charge in [0.2, 0.25) is 0 Å². The minimum Gasteiger partial charge on any atom is -0.270 e. The van der Waals surface area contributed by atoms with Gasteiger partial charge in [-0.15, -0.1) is 0 Å². The Morgan fingerprint density at radius 3 is 2.16 bits per heavy atom. The van der Waals surface area contributed by atoms with Crippen LogP contribution in [0.1, 0.15) is 18.4 Å². The Balaban J connectivity index is 1.66. The molecule has 4 aromatic carbocycles. The first kappa shape index (κ1) is 16.3. The highest BCUT2D eigenvalue weighted by Gasteiger charge is 2.10. The van der Waals surface area contributed by atoms with Crippen molar-refractivity contribution in [3.05, 3.63) is 60.2 Å². The highest BCUT2D eigenvalue weighted by atomic mass is 32.2. The van der Waals surface area contributed by atoms with Gasteiger partial charge >= 0.3 is 0 Å². The van der Waals surface area contributed by atoms with Crippen LogP contribution >= 0.6 is 0 Å². The van der Waals surface area contributed by atoms with Crippen LogP contribution in [-0.2, 0) is 20.7 Å². The lowest BCUT2D eigenvalue weighted by Gasteiger charge is -2.13. The van der Waals surface area contributed by atoms with Crippen LogP contribution in [0.5, 0.6) is 0 Å². The van der Waals surface area contributed by atoms with Crippen molar-refractivity contribution in [2.24, 2.45) is 0 Å². The molecule has 0 unspecified atom stereocenters. The summed E-state index contributed by atoms with van der Waals surface area (Å²) in [4.78, 5) is 0. The molecule has 25 heavy (non-hydrogen) atoms. The molecule has 0 aliphatic carbocycles. The summed E-state index contributed by atoms with van der Waals surface area (Å²) >= 11 is 0. The van der Waals surface area contributed by atoms with E-state index < -0.39 is 10.1 Å². The molecule has 0 bridgehead atoms. The zero-order valence-electron chi connectivity index (χ0n) is 14.2. The molecular formula is C21H20O3S. The summed E-state index contributed by atoms with van der Waals surface area (Å²) in [6.45, 7) is 0.255. The molecule has 0 radical (unpaired) electrons. The maximum absolute atomic E-state index is 11.0. The number of unbranched alkanes of at least 4 members (excludes halogenated alkanes) is 1. The van der Waals surface area contributed by atoms with E-state index in [9.17, 15) is 8.42 Å². The van der Waals surface area contributed by atoms with E-state index in [2.05, 4.69) is 54.6 Å². The Morgan fingerprint density at radius 1 is 0.800 bits per heavy atom. The summed E-state index contributed by atoms with van der Waals surface area (Å²) in [5, 5.41) is 7.78. The molecule has 0 aliphatic heterocycles. The van der Waals surface area contributed by atoms with Crippen molar-refractivity contribution in [1.29, 1.82) is 0 Å². The van der Waals surface area contributed by atoms with Crippen molar-refractivity contribution in [2.45, 2.75) is 19.3 Å². The summed E-state index contributed by atoms with van der Waals surface area (Å²) in [6.07, 6.45) is 3.64. The highest BCUT2D eigenvalue weighted by Crippen LogP contribution is 2.36. The lowest BCUT2D eigenvalue weighted by atomic mass is 9.91. The molecule has 0 aromatic heterocycles. The van der Waals surface area contributed by atoms with Crippen molar-refractivity contribution in [2.75, 3.05) is 12.9 Å². The predicted octanol–water partition coefficient (Wildman–Crippen LogP) is 4.88. The maximum atomic E-state index is 11.0. The van der Waals surface area contributed by atoms with Gasteiger partial charge in [0, 0.05) is 0 Å². The third-order valence-electron chi connectivity index (χ3n) is 4.76. The van der Waals surface area contributed by atoms with Crippen molar-refractivity contribution in [1.82, 2.24) is 0 Å². The predicted molar refractivity (Wildman–Crippen MR) is 104 cm³/mol. The third-order valence-corrected chi connectivity index (χ3v) is 5.35. The van der Waals surface area contributed by atoms with Crippen molar-refractivity contribution in [3.8, 4) is 0 Å². The van der Waals surface area contributed by atoms with Crippen molar-refractivity contribution in [3.63, 3.8) is 0 Å². The van der Waals surface area contributed by atoms with E-state index >= 15 is 0 Å². The summed E-state index contributed by atoms with van der Waals surface area (Å²) in [7, 11) is -3.34. The largest absolute Gasteiger partial charge is 0.270 e. The van der Waals surface area contributed by atoms with E-state index in [0.717, 1.165) is 25.5 Å². The van der Waals surface area contributed by atoms with Crippen LogP contribution in [0.25, 0.3) is 32.3 Å². The molecule has 0 atom stereocenters. The summed E-state index contributed by atoms with van der Waals surface area (Å²) in [5.74, 6) is 0. The summed E-state index contributed by atoms with van der Waals surface area (Å²) in [5.41, 5.74) is 1.31. The molecular weight excluding hydrogens is 332 g/mol. The van der Waals surface area contributed by atoms with Gasteiger partial charge in [-0.2, -0.15) is 8.42 Å². The molecule has 0 aliphatic rings. The minimum absolute atomic E-state index is 0.255. The van der Waals surface area contributed by atoms with Crippen LogP contribution in [0.4, 0.5) is 0 Å². The second-order valence-corrected chi connectivity index (χ2v) is 8.21. The smallest absolute Gasteiger partial charge is 0.264 e. The van der Waals surface area contributed by atoms with Gasteiger partial charge in [0.1, 0.15) is 0 Å². The first-order chi connectivity index (χ1) is 12.0. The Hall–Kier alpha value is -2.17. The standard InChI is InChI=1S/C21H20O3S/c1-25(22,23)24-14-3-2-5-15-8-9-18-11-10-16-6-4-7-17-12-13-19(15)21(18)20(16)17/h4,6-13H,2-3,5,14H2,1H3. The van der Waals surface area contributed by atoms with Gasteiger partial charge in [-0.25, -0.2) is 0 Å². The first-order valence-corrected chi connectivity index (χ1v) is 10.3. The molecule has 0 amide bonds.